The lowest BCUT2D eigenvalue weighted by molar-refractivity contribution is 0.0905. The highest BCUT2D eigenvalue weighted by Gasteiger charge is 2.39. The lowest BCUT2D eigenvalue weighted by Gasteiger charge is -2.37. The third-order valence-corrected chi connectivity index (χ3v) is 10.9. The summed E-state index contributed by atoms with van der Waals surface area (Å²) in [7, 11) is -5.14. The zero-order valence-electron chi connectivity index (χ0n) is 22.7. The van der Waals surface area contributed by atoms with E-state index in [9.17, 15) is 26.3 Å². The molecule has 9 nitrogen and oxygen atoms in total. The van der Waals surface area contributed by atoms with Gasteiger partial charge >= 0.3 is 0 Å². The fourth-order valence-electron chi connectivity index (χ4n) is 4.63. The average Bonchev–Trinajstić information content (AvgIpc) is 2.94. The summed E-state index contributed by atoms with van der Waals surface area (Å²) in [4.78, 5) is -0.167. The first-order chi connectivity index (χ1) is 18.9. The average molecular weight is 593 g/mol. The van der Waals surface area contributed by atoms with E-state index in [0.29, 0.717) is 11.3 Å². The van der Waals surface area contributed by atoms with Crippen molar-refractivity contribution in [2.45, 2.75) is 35.8 Å². The van der Waals surface area contributed by atoms with Crippen molar-refractivity contribution in [3.63, 3.8) is 0 Å². The predicted molar refractivity (Wildman–Crippen MR) is 149 cm³/mol. The number of aliphatic hydroxyl groups is 1. The van der Waals surface area contributed by atoms with E-state index in [4.69, 9.17) is 9.47 Å². The van der Waals surface area contributed by atoms with Crippen molar-refractivity contribution in [3.05, 3.63) is 72.5 Å². The van der Waals surface area contributed by atoms with Crippen LogP contribution in [0.3, 0.4) is 0 Å². The highest BCUT2D eigenvalue weighted by atomic mass is 32.2. The number of ether oxygens (including phenoxy) is 2. The summed E-state index contributed by atoms with van der Waals surface area (Å²) in [5, 5.41) is 9.86. The van der Waals surface area contributed by atoms with Crippen LogP contribution in [0.5, 0.6) is 11.5 Å². The van der Waals surface area contributed by atoms with Crippen LogP contribution in [0.15, 0.2) is 76.5 Å². The van der Waals surface area contributed by atoms with Crippen LogP contribution in [0, 0.1) is 11.7 Å². The first kappa shape index (κ1) is 29.9. The van der Waals surface area contributed by atoms with Gasteiger partial charge in [-0.3, -0.25) is 0 Å². The number of benzene rings is 3. The highest BCUT2D eigenvalue weighted by molar-refractivity contribution is 7.89. The molecule has 12 heteroatoms. The van der Waals surface area contributed by atoms with E-state index in [0.717, 1.165) is 22.0 Å². The summed E-state index contributed by atoms with van der Waals surface area (Å²) < 4.78 is 81.6. The van der Waals surface area contributed by atoms with Gasteiger partial charge in [0, 0.05) is 31.1 Å². The topological polar surface area (TPSA) is 113 Å². The van der Waals surface area contributed by atoms with Gasteiger partial charge in [0.25, 0.3) is 0 Å². The van der Waals surface area contributed by atoms with Gasteiger partial charge in [0.1, 0.15) is 28.3 Å². The molecule has 0 aromatic heterocycles. The maximum absolute atomic E-state index is 13.8. The molecule has 3 aromatic rings. The molecule has 0 bridgehead atoms. The summed E-state index contributed by atoms with van der Waals surface area (Å²) in [6.45, 7) is 2.86. The van der Waals surface area contributed by atoms with Crippen LogP contribution < -0.4 is 9.47 Å². The predicted octanol–water partition coefficient (Wildman–Crippen LogP) is 3.59. The van der Waals surface area contributed by atoms with Gasteiger partial charge in [-0.25, -0.2) is 21.2 Å². The Morgan fingerprint density at radius 2 is 1.82 bits per heavy atom. The molecule has 1 N–H and O–H groups in total. The Balaban J connectivity index is 1.79. The van der Waals surface area contributed by atoms with Gasteiger partial charge in [0.05, 0.1) is 25.2 Å². The van der Waals surface area contributed by atoms with Gasteiger partial charge in [0.2, 0.25) is 20.0 Å². The molecule has 1 heterocycles. The smallest absolute Gasteiger partial charge is 0.247 e. The second kappa shape index (κ2) is 11.8. The molecule has 216 valence electrons. The van der Waals surface area contributed by atoms with Gasteiger partial charge in [0.15, 0.2) is 0 Å². The van der Waals surface area contributed by atoms with Gasteiger partial charge in [-0.15, -0.1) is 0 Å². The molecule has 1 aliphatic heterocycles. The van der Waals surface area contributed by atoms with Crippen LogP contribution in [0.1, 0.15) is 13.8 Å². The monoisotopic (exact) mass is 592 g/mol. The number of para-hydroxylation sites is 1. The Morgan fingerprint density at radius 1 is 1.15 bits per heavy atom. The second-order valence-electron chi connectivity index (χ2n) is 9.84. The first-order valence-electron chi connectivity index (χ1n) is 12.7. The van der Waals surface area contributed by atoms with Crippen LogP contribution in [-0.2, 0) is 20.0 Å². The van der Waals surface area contributed by atoms with Crippen LogP contribution in [0.4, 0.5) is 4.39 Å². The Hall–Kier alpha value is -3.03. The van der Waals surface area contributed by atoms with Gasteiger partial charge < -0.3 is 14.6 Å². The Morgan fingerprint density at radius 3 is 2.48 bits per heavy atom. The Bertz CT molecular complexity index is 1560. The Labute approximate surface area is 234 Å². The van der Waals surface area contributed by atoms with Crippen molar-refractivity contribution in [1.29, 1.82) is 0 Å². The summed E-state index contributed by atoms with van der Waals surface area (Å²) >= 11 is 0. The minimum Gasteiger partial charge on any atom is -0.496 e. The molecule has 0 radical (unpaired) electrons. The van der Waals surface area contributed by atoms with Crippen molar-refractivity contribution in [1.82, 2.24) is 8.61 Å². The lowest BCUT2D eigenvalue weighted by Crippen LogP contribution is -2.50. The summed E-state index contributed by atoms with van der Waals surface area (Å²) in [6, 6.07) is 15.8. The molecule has 40 heavy (non-hydrogen) atoms. The first-order valence-corrected chi connectivity index (χ1v) is 15.6. The number of likely N-dealkylation sites (N-methyl/N-ethyl adjacent to an activating group) is 1. The molecule has 1 aliphatic rings. The summed E-state index contributed by atoms with van der Waals surface area (Å²) in [5.74, 6) is -0.387. The number of hydrogen-bond acceptors (Lipinski definition) is 7. The van der Waals surface area contributed by atoms with Gasteiger partial charge in [-0.2, -0.15) is 8.61 Å². The molecular formula is C28H33FN2O7S2. The van der Waals surface area contributed by atoms with Crippen LogP contribution in [0.2, 0.25) is 0 Å². The number of halogens is 1. The van der Waals surface area contributed by atoms with E-state index in [1.807, 2.05) is 18.2 Å². The number of rotatable bonds is 8. The van der Waals surface area contributed by atoms with Crippen molar-refractivity contribution >= 4 is 20.0 Å². The number of sulfonamides is 2. The Kier molecular flexibility index (Phi) is 8.86. The molecule has 0 fully saturated rings. The van der Waals surface area contributed by atoms with E-state index in [1.165, 1.54) is 36.7 Å². The molecule has 0 amide bonds. The van der Waals surface area contributed by atoms with Crippen molar-refractivity contribution < 1.29 is 35.8 Å². The molecule has 3 aromatic carbocycles. The van der Waals surface area contributed by atoms with Gasteiger partial charge in [-0.05, 0) is 55.0 Å². The van der Waals surface area contributed by atoms with Crippen LogP contribution in [0.25, 0.3) is 11.1 Å². The number of aliphatic hydroxyl groups excluding tert-OH is 1. The fourth-order valence-corrected chi connectivity index (χ4v) is 7.64. The number of methoxy groups -OCH3 is 1. The number of hydrogen-bond donors (Lipinski definition) is 1. The van der Waals surface area contributed by atoms with Crippen molar-refractivity contribution in [3.8, 4) is 22.6 Å². The maximum atomic E-state index is 13.8. The van der Waals surface area contributed by atoms with Crippen LogP contribution >= 0.6 is 0 Å². The van der Waals surface area contributed by atoms with Crippen molar-refractivity contribution in [2.24, 2.45) is 5.92 Å². The van der Waals surface area contributed by atoms with E-state index >= 15 is 0 Å². The van der Waals surface area contributed by atoms with Crippen molar-refractivity contribution in [2.75, 3.05) is 33.9 Å². The third-order valence-electron chi connectivity index (χ3n) is 7.04. The lowest BCUT2D eigenvalue weighted by atomic mass is 10.0. The third kappa shape index (κ3) is 5.86. The van der Waals surface area contributed by atoms with E-state index in [2.05, 4.69) is 0 Å². The normalized spacial score (nSPS) is 20.2. The number of nitrogens with zero attached hydrogens (tertiary/aromatic N) is 2. The zero-order chi connectivity index (χ0) is 29.2. The molecule has 3 atom stereocenters. The van der Waals surface area contributed by atoms with Gasteiger partial charge in [-0.1, -0.05) is 31.2 Å². The summed E-state index contributed by atoms with van der Waals surface area (Å²) in [5.41, 5.74) is 1.37. The molecule has 0 spiro atoms. The molecule has 0 unspecified atom stereocenters. The van der Waals surface area contributed by atoms with E-state index in [-0.39, 0.29) is 28.6 Å². The fraction of sp³-hybridized carbons (Fsp3) is 0.357. The minimum atomic E-state index is -4.08. The molecule has 4 rings (SSSR count). The summed E-state index contributed by atoms with van der Waals surface area (Å²) in [6.07, 6.45) is -0.768. The highest BCUT2D eigenvalue weighted by Crippen LogP contribution is 2.39. The van der Waals surface area contributed by atoms with E-state index in [1.54, 1.807) is 32.0 Å². The largest absolute Gasteiger partial charge is 0.496 e. The molecular weight excluding hydrogens is 559 g/mol. The quantitative estimate of drug-likeness (QED) is 0.425. The van der Waals surface area contributed by atoms with E-state index < -0.39 is 50.5 Å². The molecule has 0 saturated heterocycles. The number of fused-ring (bicyclic) bond motifs is 1. The molecule has 0 saturated carbocycles. The SMILES string of the molecule is COc1ccccc1-c1ccc2c(c1)O[C@@H](CN(C)S(=O)(=O)c1ccc(F)cc1)[C@H](C)CN([C@H](C)CO)S2(=O)=O. The van der Waals surface area contributed by atoms with Crippen LogP contribution in [-0.4, -0.2) is 76.6 Å². The second-order valence-corrected chi connectivity index (χ2v) is 13.7. The zero-order valence-corrected chi connectivity index (χ0v) is 24.3. The molecule has 0 aliphatic carbocycles. The maximum Gasteiger partial charge on any atom is 0.247 e. The minimum absolute atomic E-state index is 0.00708. The standard InChI is InChI=1S/C28H33FN2O7S2/c1-19-16-31(20(2)18-32)40(35,36)28-14-9-21(24-7-5-6-8-25(24)37-4)15-26(28)38-27(19)17-30(3)39(33,34)23-12-10-22(29)11-13-23/h5-15,19-20,27,32H,16-18H2,1-4H3/t19-,20-,27+/m1/s1.